The summed E-state index contributed by atoms with van der Waals surface area (Å²) < 4.78 is 6.79. The van der Waals surface area contributed by atoms with Gasteiger partial charge in [0.15, 0.2) is 0 Å². The first-order chi connectivity index (χ1) is 9.15. The van der Waals surface area contributed by atoms with Crippen molar-refractivity contribution in [1.29, 1.82) is 0 Å². The Balaban J connectivity index is 1.78. The lowest BCUT2D eigenvalue weighted by Gasteiger charge is -2.09. The number of benzene rings is 1. The predicted octanol–water partition coefficient (Wildman–Crippen LogP) is 4.18. The molecule has 0 amide bonds. The standard InChI is InChI=1S/C16H22BrNO/c1-12(2)7-8-19-11-14-4-3-13(9-16(14)17)10-18-15-5-6-15/h3-4,9,15,18H,1,5-8,10-11H2,2H3. The summed E-state index contributed by atoms with van der Waals surface area (Å²) in [4.78, 5) is 0. The third-order valence-corrected chi connectivity index (χ3v) is 3.96. The molecule has 2 rings (SSSR count). The van der Waals surface area contributed by atoms with Crippen LogP contribution in [0.15, 0.2) is 34.8 Å². The first-order valence-corrected chi connectivity index (χ1v) is 7.67. The molecule has 2 nitrogen and oxygen atoms in total. The van der Waals surface area contributed by atoms with E-state index in [1.807, 2.05) is 6.92 Å². The van der Waals surface area contributed by atoms with Crippen LogP contribution in [0.25, 0.3) is 0 Å². The zero-order valence-corrected chi connectivity index (χ0v) is 13.1. The van der Waals surface area contributed by atoms with Gasteiger partial charge in [0.2, 0.25) is 0 Å². The van der Waals surface area contributed by atoms with Gasteiger partial charge in [-0.15, -0.1) is 6.58 Å². The van der Waals surface area contributed by atoms with E-state index in [-0.39, 0.29) is 0 Å². The molecule has 0 bridgehead atoms. The fourth-order valence-electron chi connectivity index (χ4n) is 1.80. The fourth-order valence-corrected chi connectivity index (χ4v) is 2.34. The molecule has 1 aromatic carbocycles. The summed E-state index contributed by atoms with van der Waals surface area (Å²) in [6.45, 7) is 8.26. The van der Waals surface area contributed by atoms with Gasteiger partial charge in [0.1, 0.15) is 0 Å². The molecule has 1 saturated carbocycles. The molecule has 1 aromatic rings. The largest absolute Gasteiger partial charge is 0.376 e. The lowest BCUT2D eigenvalue weighted by Crippen LogP contribution is -2.15. The van der Waals surface area contributed by atoms with Gasteiger partial charge in [-0.2, -0.15) is 0 Å². The molecule has 1 aliphatic rings. The van der Waals surface area contributed by atoms with Gasteiger partial charge in [-0.1, -0.05) is 33.6 Å². The Labute approximate surface area is 124 Å². The van der Waals surface area contributed by atoms with Crippen LogP contribution >= 0.6 is 15.9 Å². The van der Waals surface area contributed by atoms with E-state index >= 15 is 0 Å². The molecule has 0 unspecified atom stereocenters. The average molecular weight is 324 g/mol. The van der Waals surface area contributed by atoms with Crippen molar-refractivity contribution in [1.82, 2.24) is 5.32 Å². The van der Waals surface area contributed by atoms with Crippen LogP contribution in [0.1, 0.15) is 37.3 Å². The van der Waals surface area contributed by atoms with Gasteiger partial charge < -0.3 is 10.1 Å². The molecule has 1 aliphatic carbocycles. The lowest BCUT2D eigenvalue weighted by molar-refractivity contribution is 0.123. The van der Waals surface area contributed by atoms with Crippen LogP contribution < -0.4 is 5.32 Å². The molecule has 0 aromatic heterocycles. The SMILES string of the molecule is C=C(C)CCOCc1ccc(CNC2CC2)cc1Br. The second-order valence-electron chi connectivity index (χ2n) is 5.34. The van der Waals surface area contributed by atoms with E-state index in [2.05, 4.69) is 46.0 Å². The van der Waals surface area contributed by atoms with Crippen LogP contribution in [0.3, 0.4) is 0 Å². The van der Waals surface area contributed by atoms with Crippen LogP contribution in [-0.4, -0.2) is 12.6 Å². The number of halogens is 1. The first-order valence-electron chi connectivity index (χ1n) is 6.88. The highest BCUT2D eigenvalue weighted by atomic mass is 79.9. The van der Waals surface area contributed by atoms with Gasteiger partial charge in [0.05, 0.1) is 13.2 Å². The smallest absolute Gasteiger partial charge is 0.0727 e. The molecule has 104 valence electrons. The maximum atomic E-state index is 5.65. The van der Waals surface area contributed by atoms with Crippen LogP contribution in [0.4, 0.5) is 0 Å². The Morgan fingerprint density at radius 1 is 1.47 bits per heavy atom. The van der Waals surface area contributed by atoms with Crippen molar-refractivity contribution in [3.8, 4) is 0 Å². The van der Waals surface area contributed by atoms with Crippen molar-refractivity contribution in [3.05, 3.63) is 46.0 Å². The second kappa shape index (κ2) is 7.22. The minimum absolute atomic E-state index is 0.657. The topological polar surface area (TPSA) is 21.3 Å². The van der Waals surface area contributed by atoms with E-state index in [9.17, 15) is 0 Å². The monoisotopic (exact) mass is 323 g/mol. The van der Waals surface area contributed by atoms with Crippen molar-refractivity contribution in [2.45, 2.75) is 45.4 Å². The Kier molecular flexibility index (Phi) is 5.61. The number of rotatable bonds is 8. The zero-order chi connectivity index (χ0) is 13.7. The summed E-state index contributed by atoms with van der Waals surface area (Å²) in [5.74, 6) is 0. The highest BCUT2D eigenvalue weighted by Crippen LogP contribution is 2.22. The molecular formula is C16H22BrNO. The number of hydrogen-bond donors (Lipinski definition) is 1. The van der Waals surface area contributed by atoms with Crippen molar-refractivity contribution in [2.24, 2.45) is 0 Å². The fraction of sp³-hybridized carbons (Fsp3) is 0.500. The van der Waals surface area contributed by atoms with Gasteiger partial charge in [-0.25, -0.2) is 0 Å². The Bertz CT molecular complexity index is 440. The Morgan fingerprint density at radius 3 is 2.89 bits per heavy atom. The molecule has 1 fully saturated rings. The average Bonchev–Trinajstić information content (AvgIpc) is 3.17. The summed E-state index contributed by atoms with van der Waals surface area (Å²) in [6, 6.07) is 7.27. The van der Waals surface area contributed by atoms with Crippen molar-refractivity contribution in [2.75, 3.05) is 6.61 Å². The van der Waals surface area contributed by atoms with Crippen LogP contribution in [-0.2, 0) is 17.9 Å². The minimum atomic E-state index is 0.657. The number of nitrogens with one attached hydrogen (secondary N) is 1. The molecule has 3 heteroatoms. The molecule has 0 radical (unpaired) electrons. The van der Waals surface area contributed by atoms with E-state index in [0.717, 1.165) is 30.1 Å². The zero-order valence-electron chi connectivity index (χ0n) is 11.5. The highest BCUT2D eigenvalue weighted by Gasteiger charge is 2.19. The normalized spacial score (nSPS) is 14.6. The number of ether oxygens (including phenoxy) is 1. The molecule has 0 atom stereocenters. The van der Waals surface area contributed by atoms with Crippen molar-refractivity contribution >= 4 is 15.9 Å². The minimum Gasteiger partial charge on any atom is -0.376 e. The van der Waals surface area contributed by atoms with Gasteiger partial charge in [-0.3, -0.25) is 0 Å². The van der Waals surface area contributed by atoms with Gasteiger partial charge in [0.25, 0.3) is 0 Å². The molecule has 0 saturated heterocycles. The molecule has 0 spiro atoms. The van der Waals surface area contributed by atoms with Crippen molar-refractivity contribution in [3.63, 3.8) is 0 Å². The Hall–Kier alpha value is -0.640. The van der Waals surface area contributed by atoms with E-state index in [1.165, 1.54) is 29.5 Å². The van der Waals surface area contributed by atoms with Gasteiger partial charge in [0, 0.05) is 17.1 Å². The molecule has 1 N–H and O–H groups in total. The summed E-state index contributed by atoms with van der Waals surface area (Å²) >= 11 is 3.63. The maximum Gasteiger partial charge on any atom is 0.0727 e. The van der Waals surface area contributed by atoms with E-state index in [4.69, 9.17) is 4.74 Å². The van der Waals surface area contributed by atoms with E-state index in [0.29, 0.717) is 6.61 Å². The third kappa shape index (κ3) is 5.47. The van der Waals surface area contributed by atoms with Gasteiger partial charge >= 0.3 is 0 Å². The molecule has 19 heavy (non-hydrogen) atoms. The summed E-state index contributed by atoms with van der Waals surface area (Å²) in [5, 5.41) is 3.52. The summed E-state index contributed by atoms with van der Waals surface area (Å²) in [5.41, 5.74) is 3.70. The van der Waals surface area contributed by atoms with Crippen LogP contribution in [0, 0.1) is 0 Å². The maximum absolute atomic E-state index is 5.65. The van der Waals surface area contributed by atoms with Crippen LogP contribution in [0.5, 0.6) is 0 Å². The van der Waals surface area contributed by atoms with E-state index < -0.39 is 0 Å². The highest BCUT2D eigenvalue weighted by molar-refractivity contribution is 9.10. The predicted molar refractivity (Wildman–Crippen MR) is 83.1 cm³/mol. The van der Waals surface area contributed by atoms with Gasteiger partial charge in [-0.05, 0) is 43.4 Å². The van der Waals surface area contributed by atoms with Crippen molar-refractivity contribution < 1.29 is 4.74 Å². The third-order valence-electron chi connectivity index (χ3n) is 3.22. The summed E-state index contributed by atoms with van der Waals surface area (Å²) in [7, 11) is 0. The number of hydrogen-bond acceptors (Lipinski definition) is 2. The van der Waals surface area contributed by atoms with Crippen LogP contribution in [0.2, 0.25) is 0 Å². The van der Waals surface area contributed by atoms with E-state index in [1.54, 1.807) is 0 Å². The molecular weight excluding hydrogens is 302 g/mol. The molecule has 0 aliphatic heterocycles. The first kappa shape index (κ1) is 14.8. The molecule has 0 heterocycles. The summed E-state index contributed by atoms with van der Waals surface area (Å²) in [6.07, 6.45) is 3.59. The second-order valence-corrected chi connectivity index (χ2v) is 6.19. The Morgan fingerprint density at radius 2 is 2.26 bits per heavy atom. The quantitative estimate of drug-likeness (QED) is 0.572. The lowest BCUT2D eigenvalue weighted by atomic mass is 10.1.